The van der Waals surface area contributed by atoms with E-state index in [0.29, 0.717) is 5.52 Å². The fourth-order valence-corrected chi connectivity index (χ4v) is 1.84. The number of rotatable bonds is 1. The summed E-state index contributed by atoms with van der Waals surface area (Å²) in [6.45, 7) is 0. The Balaban J connectivity index is 2.41. The van der Waals surface area contributed by atoms with Gasteiger partial charge >= 0.3 is 0 Å². The van der Waals surface area contributed by atoms with Gasteiger partial charge in [-0.15, -0.1) is 10.2 Å². The Morgan fingerprint density at radius 1 is 0.941 bits per heavy atom. The summed E-state index contributed by atoms with van der Waals surface area (Å²) in [4.78, 5) is 10.2. The van der Waals surface area contributed by atoms with E-state index in [2.05, 4.69) is 10.2 Å². The third-order valence-electron chi connectivity index (χ3n) is 2.65. The van der Waals surface area contributed by atoms with Gasteiger partial charge in [0.25, 0.3) is 5.69 Å². The molecule has 5 heteroatoms. The van der Waals surface area contributed by atoms with Gasteiger partial charge < -0.3 is 0 Å². The number of nitro groups is 1. The second-order valence-corrected chi connectivity index (χ2v) is 3.68. The summed E-state index contributed by atoms with van der Waals surface area (Å²) in [6.07, 6.45) is 0. The zero-order chi connectivity index (χ0) is 11.8. The number of benzene rings is 2. The Hall–Kier alpha value is -2.56. The highest BCUT2D eigenvalue weighted by molar-refractivity contribution is 6.03. The van der Waals surface area contributed by atoms with Gasteiger partial charge in [0.2, 0.25) is 0 Å². The first kappa shape index (κ1) is 9.65. The number of nitro benzene ring substituents is 1. The summed E-state index contributed by atoms with van der Waals surface area (Å²) in [6, 6.07) is 12.2. The zero-order valence-corrected chi connectivity index (χ0v) is 8.70. The third-order valence-corrected chi connectivity index (χ3v) is 2.65. The van der Waals surface area contributed by atoms with E-state index in [1.54, 1.807) is 6.07 Å². The highest BCUT2D eigenvalue weighted by Crippen LogP contribution is 2.24. The average molecular weight is 225 g/mol. The van der Waals surface area contributed by atoms with E-state index < -0.39 is 4.92 Å². The van der Waals surface area contributed by atoms with Gasteiger partial charge in [0.05, 0.1) is 10.4 Å². The molecule has 0 amide bonds. The Bertz CT molecular complexity index is 740. The van der Waals surface area contributed by atoms with Crippen LogP contribution < -0.4 is 0 Å². The quantitative estimate of drug-likeness (QED) is 0.362. The van der Waals surface area contributed by atoms with Crippen molar-refractivity contribution in [2.45, 2.75) is 0 Å². The first-order valence-corrected chi connectivity index (χ1v) is 5.05. The highest BCUT2D eigenvalue weighted by atomic mass is 16.6. The van der Waals surface area contributed by atoms with Crippen molar-refractivity contribution in [2.75, 3.05) is 0 Å². The van der Waals surface area contributed by atoms with Crippen LogP contribution in [-0.2, 0) is 0 Å². The van der Waals surface area contributed by atoms with Crippen molar-refractivity contribution < 1.29 is 4.92 Å². The predicted molar refractivity (Wildman–Crippen MR) is 63.7 cm³/mol. The van der Waals surface area contributed by atoms with E-state index in [1.807, 2.05) is 24.3 Å². The van der Waals surface area contributed by atoms with E-state index in [4.69, 9.17) is 0 Å². The summed E-state index contributed by atoms with van der Waals surface area (Å²) < 4.78 is 0. The van der Waals surface area contributed by atoms with Crippen LogP contribution >= 0.6 is 0 Å². The molecule has 82 valence electrons. The number of nitrogens with zero attached hydrogens (tertiary/aromatic N) is 3. The SMILES string of the molecule is O=[N+]([O-])c1ccc2c(c1)nnc1ccccc12. The van der Waals surface area contributed by atoms with Gasteiger partial charge in [-0.1, -0.05) is 18.2 Å². The van der Waals surface area contributed by atoms with Gasteiger partial charge in [-0.25, -0.2) is 0 Å². The molecule has 3 aromatic rings. The van der Waals surface area contributed by atoms with Crippen LogP contribution in [0, 0.1) is 10.1 Å². The maximum atomic E-state index is 10.7. The molecule has 1 aromatic heterocycles. The molecule has 0 spiro atoms. The normalized spacial score (nSPS) is 10.8. The monoisotopic (exact) mass is 225 g/mol. The van der Waals surface area contributed by atoms with Gasteiger partial charge in [-0.05, 0) is 12.1 Å². The number of aromatic nitrogens is 2. The molecule has 0 N–H and O–H groups in total. The van der Waals surface area contributed by atoms with Crippen LogP contribution in [0.5, 0.6) is 0 Å². The second kappa shape index (κ2) is 3.48. The van der Waals surface area contributed by atoms with Crippen molar-refractivity contribution >= 4 is 27.5 Å². The van der Waals surface area contributed by atoms with Crippen LogP contribution in [0.25, 0.3) is 21.8 Å². The Kier molecular flexibility index (Phi) is 1.98. The molecule has 1 heterocycles. The predicted octanol–water partition coefficient (Wildman–Crippen LogP) is 2.69. The molecule has 2 aromatic carbocycles. The van der Waals surface area contributed by atoms with Crippen LogP contribution in [0.15, 0.2) is 42.5 Å². The summed E-state index contributed by atoms with van der Waals surface area (Å²) in [5, 5.41) is 20.5. The molecule has 0 aliphatic rings. The molecule has 0 saturated carbocycles. The van der Waals surface area contributed by atoms with Crippen molar-refractivity contribution in [1.82, 2.24) is 10.2 Å². The molecule has 0 bridgehead atoms. The van der Waals surface area contributed by atoms with Crippen LogP contribution in [0.3, 0.4) is 0 Å². The third kappa shape index (κ3) is 1.48. The first-order valence-electron chi connectivity index (χ1n) is 5.05. The number of hydrogen-bond donors (Lipinski definition) is 0. The molecule has 0 aliphatic heterocycles. The van der Waals surface area contributed by atoms with Crippen molar-refractivity contribution in [3.05, 3.63) is 52.6 Å². The largest absolute Gasteiger partial charge is 0.271 e. The van der Waals surface area contributed by atoms with E-state index in [1.165, 1.54) is 12.1 Å². The smallest absolute Gasteiger partial charge is 0.258 e. The van der Waals surface area contributed by atoms with E-state index in [-0.39, 0.29) is 5.69 Å². The lowest BCUT2D eigenvalue weighted by atomic mass is 10.1. The first-order chi connectivity index (χ1) is 8.25. The molecule has 0 fully saturated rings. The van der Waals surface area contributed by atoms with Gasteiger partial charge in [-0.3, -0.25) is 10.1 Å². The molecule has 0 aliphatic carbocycles. The minimum atomic E-state index is -0.434. The molecule has 5 nitrogen and oxygen atoms in total. The lowest BCUT2D eigenvalue weighted by Gasteiger charge is -2.01. The minimum absolute atomic E-state index is 0.0297. The molecule has 0 atom stereocenters. The van der Waals surface area contributed by atoms with Gasteiger partial charge in [0.15, 0.2) is 0 Å². The average Bonchev–Trinajstić information content (AvgIpc) is 2.38. The number of fused-ring (bicyclic) bond motifs is 3. The highest BCUT2D eigenvalue weighted by Gasteiger charge is 2.09. The molecule has 0 unspecified atom stereocenters. The van der Waals surface area contributed by atoms with Gasteiger partial charge in [0, 0.05) is 22.9 Å². The number of non-ortho nitro benzene ring substituents is 1. The van der Waals surface area contributed by atoms with Crippen LogP contribution in [0.1, 0.15) is 0 Å². The fraction of sp³-hybridized carbons (Fsp3) is 0. The van der Waals surface area contributed by atoms with Crippen LogP contribution in [-0.4, -0.2) is 15.1 Å². The zero-order valence-electron chi connectivity index (χ0n) is 8.70. The molecule has 0 radical (unpaired) electrons. The fourth-order valence-electron chi connectivity index (χ4n) is 1.84. The molecular formula is C12H7N3O2. The lowest BCUT2D eigenvalue weighted by molar-refractivity contribution is -0.384. The lowest BCUT2D eigenvalue weighted by Crippen LogP contribution is -1.91. The molecule has 17 heavy (non-hydrogen) atoms. The van der Waals surface area contributed by atoms with Crippen molar-refractivity contribution in [1.29, 1.82) is 0 Å². The van der Waals surface area contributed by atoms with Gasteiger partial charge in [-0.2, -0.15) is 0 Å². The van der Waals surface area contributed by atoms with E-state index in [9.17, 15) is 10.1 Å². The van der Waals surface area contributed by atoms with Crippen LogP contribution in [0.4, 0.5) is 5.69 Å². The second-order valence-electron chi connectivity index (χ2n) is 3.68. The van der Waals surface area contributed by atoms with Crippen molar-refractivity contribution in [2.24, 2.45) is 0 Å². The minimum Gasteiger partial charge on any atom is -0.258 e. The molecule has 0 saturated heterocycles. The standard InChI is InChI=1S/C12H7N3O2/c16-15(17)8-5-6-10-9-3-1-2-4-11(9)13-14-12(10)7-8/h1-7H. The topological polar surface area (TPSA) is 68.9 Å². The summed E-state index contributed by atoms with van der Waals surface area (Å²) >= 11 is 0. The Morgan fingerprint density at radius 3 is 2.47 bits per heavy atom. The van der Waals surface area contributed by atoms with E-state index >= 15 is 0 Å². The molecular weight excluding hydrogens is 218 g/mol. The summed E-state index contributed by atoms with van der Waals surface area (Å²) in [7, 11) is 0. The maximum absolute atomic E-state index is 10.7. The van der Waals surface area contributed by atoms with Gasteiger partial charge in [0.1, 0.15) is 5.52 Å². The summed E-state index contributed by atoms with van der Waals surface area (Å²) in [5.41, 5.74) is 1.36. The maximum Gasteiger partial charge on any atom is 0.271 e. The van der Waals surface area contributed by atoms with Crippen molar-refractivity contribution in [3.63, 3.8) is 0 Å². The van der Waals surface area contributed by atoms with Crippen molar-refractivity contribution in [3.8, 4) is 0 Å². The number of hydrogen-bond acceptors (Lipinski definition) is 4. The van der Waals surface area contributed by atoms with E-state index in [0.717, 1.165) is 16.3 Å². The Labute approximate surface area is 95.9 Å². The summed E-state index contributed by atoms with van der Waals surface area (Å²) in [5.74, 6) is 0. The van der Waals surface area contributed by atoms with Crippen LogP contribution in [0.2, 0.25) is 0 Å². The Morgan fingerprint density at radius 2 is 1.65 bits per heavy atom. The molecule has 3 rings (SSSR count).